The normalized spacial score (nSPS) is 13.6. The van der Waals surface area contributed by atoms with Gasteiger partial charge < -0.3 is 15.3 Å². The second-order valence-corrected chi connectivity index (χ2v) is 5.30. The van der Waals surface area contributed by atoms with Gasteiger partial charge in [-0.05, 0) is 12.1 Å². The van der Waals surface area contributed by atoms with E-state index >= 15 is 0 Å². The van der Waals surface area contributed by atoms with Crippen molar-refractivity contribution in [3.63, 3.8) is 0 Å². The van der Waals surface area contributed by atoms with Crippen LogP contribution >= 0.6 is 0 Å². The van der Waals surface area contributed by atoms with Gasteiger partial charge in [0.1, 0.15) is 0 Å². The molecular formula is C19H27O4Ti. The van der Waals surface area contributed by atoms with E-state index < -0.39 is 5.97 Å². The Morgan fingerprint density at radius 1 is 1.00 bits per heavy atom. The van der Waals surface area contributed by atoms with Gasteiger partial charge in [0.25, 0.3) is 0 Å². The Morgan fingerprint density at radius 3 is 1.58 bits per heavy atom. The van der Waals surface area contributed by atoms with Crippen molar-refractivity contribution in [3.8, 4) is 0 Å². The monoisotopic (exact) mass is 367 g/mol. The first-order valence-corrected chi connectivity index (χ1v) is 7.15. The topological polar surface area (TPSA) is 83.4 Å². The van der Waals surface area contributed by atoms with Gasteiger partial charge in [-0.2, -0.15) is 25.4 Å². The molecule has 0 aliphatic heterocycles. The molecule has 0 saturated heterocycles. The fourth-order valence-corrected chi connectivity index (χ4v) is 1.99. The summed E-state index contributed by atoms with van der Waals surface area (Å²) in [5, 5.41) is 24.9. The molecule has 0 bridgehead atoms. The summed E-state index contributed by atoms with van der Waals surface area (Å²) in [5.74, 6) is -0.879. The fraction of sp³-hybridized carbons (Fsp3) is 0.421. The van der Waals surface area contributed by atoms with Crippen LogP contribution in [0.5, 0.6) is 0 Å². The molecule has 1 aromatic rings. The molecule has 0 heterocycles. The Morgan fingerprint density at radius 2 is 1.42 bits per heavy atom. The smallest absolute Gasteiger partial charge is 0.857 e. The van der Waals surface area contributed by atoms with Gasteiger partial charge in [0, 0.05) is 0 Å². The number of carboxylic acids is 1. The zero-order chi connectivity index (χ0) is 18.6. The van der Waals surface area contributed by atoms with Crippen LogP contribution in [0.3, 0.4) is 0 Å². The average molecular weight is 367 g/mol. The van der Waals surface area contributed by atoms with Gasteiger partial charge in [-0.25, -0.2) is 10.4 Å². The van der Waals surface area contributed by atoms with Crippen molar-refractivity contribution in [1.82, 2.24) is 0 Å². The SMILES string of the molecule is CC1=[C-]C(C)(C)C(C)=C1C.C[O-].C[O-].O=C(O)c1ccccc1.[Ti+3]. The van der Waals surface area contributed by atoms with Crippen LogP contribution in [0.25, 0.3) is 0 Å². The van der Waals surface area contributed by atoms with Crippen molar-refractivity contribution in [3.05, 3.63) is 58.7 Å². The van der Waals surface area contributed by atoms with Crippen LogP contribution in [0, 0.1) is 11.5 Å². The standard InChI is InChI=1S/C10H15.C7H6O2.2CH3O.Ti/c1-7-6-10(4,5)9(3)8(7)2;8-7(9)6-4-2-1-3-5-6;2*1-2;/h1-5H3;1-5H,(H,8,9);2*1H3;/q-1;;2*-1;+3. The molecular weight excluding hydrogens is 340 g/mol. The van der Waals surface area contributed by atoms with Crippen LogP contribution in [-0.2, 0) is 21.7 Å². The molecule has 0 spiro atoms. The largest absolute Gasteiger partial charge is 3.00 e. The van der Waals surface area contributed by atoms with Gasteiger partial charge >= 0.3 is 27.7 Å². The van der Waals surface area contributed by atoms with Crippen molar-refractivity contribution in [1.29, 1.82) is 0 Å². The van der Waals surface area contributed by atoms with Crippen LogP contribution in [0.2, 0.25) is 0 Å². The van der Waals surface area contributed by atoms with Crippen molar-refractivity contribution < 1.29 is 41.8 Å². The fourth-order valence-electron chi connectivity index (χ4n) is 1.99. The predicted molar refractivity (Wildman–Crippen MR) is 89.8 cm³/mol. The van der Waals surface area contributed by atoms with Crippen LogP contribution in [0.15, 0.2) is 47.1 Å². The van der Waals surface area contributed by atoms with Crippen LogP contribution in [0.4, 0.5) is 0 Å². The summed E-state index contributed by atoms with van der Waals surface area (Å²) in [7, 11) is 1.50. The molecule has 2 rings (SSSR count). The minimum Gasteiger partial charge on any atom is -0.857 e. The summed E-state index contributed by atoms with van der Waals surface area (Å²) in [6.07, 6.45) is 3.44. The van der Waals surface area contributed by atoms with Gasteiger partial charge in [-0.15, -0.1) is 6.92 Å². The van der Waals surface area contributed by atoms with Gasteiger partial charge in [-0.3, -0.25) is 6.08 Å². The van der Waals surface area contributed by atoms with E-state index in [0.29, 0.717) is 5.56 Å². The van der Waals surface area contributed by atoms with Crippen molar-refractivity contribution >= 4 is 5.97 Å². The van der Waals surface area contributed by atoms with Crippen molar-refractivity contribution in [2.45, 2.75) is 34.6 Å². The molecule has 0 fully saturated rings. The number of benzene rings is 1. The van der Waals surface area contributed by atoms with E-state index in [1.54, 1.807) is 30.3 Å². The maximum atomic E-state index is 10.2. The summed E-state index contributed by atoms with van der Waals surface area (Å²) in [6.45, 7) is 10.9. The number of allylic oxidation sites excluding steroid dienone is 4. The summed E-state index contributed by atoms with van der Waals surface area (Å²) in [6, 6.07) is 8.30. The zero-order valence-corrected chi connectivity index (χ0v) is 17.1. The number of hydrogen-bond acceptors (Lipinski definition) is 3. The third-order valence-corrected chi connectivity index (χ3v) is 3.58. The summed E-state index contributed by atoms with van der Waals surface area (Å²) < 4.78 is 0. The average Bonchev–Trinajstić information content (AvgIpc) is 2.74. The number of carbonyl (C=O) groups is 1. The Balaban J connectivity index is -0.000000295. The summed E-state index contributed by atoms with van der Waals surface area (Å²) >= 11 is 0. The Hall–Kier alpha value is -1.20. The quantitative estimate of drug-likeness (QED) is 0.611. The van der Waals surface area contributed by atoms with E-state index in [-0.39, 0.29) is 27.1 Å². The Kier molecular flexibility index (Phi) is 16.3. The third kappa shape index (κ3) is 9.19. The second kappa shape index (κ2) is 14.2. The molecule has 1 aliphatic carbocycles. The number of rotatable bonds is 1. The molecule has 4 nitrogen and oxygen atoms in total. The van der Waals surface area contributed by atoms with E-state index in [9.17, 15) is 4.79 Å². The number of carboxylic acid groups (broad SMARTS) is 1. The number of aromatic carboxylic acids is 1. The summed E-state index contributed by atoms with van der Waals surface area (Å²) in [5.41, 5.74) is 4.73. The zero-order valence-electron chi connectivity index (χ0n) is 15.6. The molecule has 1 aromatic carbocycles. The van der Waals surface area contributed by atoms with Gasteiger partial charge in [0.05, 0.1) is 5.56 Å². The van der Waals surface area contributed by atoms with Crippen molar-refractivity contribution in [2.24, 2.45) is 5.41 Å². The predicted octanol–water partition coefficient (Wildman–Crippen LogP) is 2.45. The molecule has 131 valence electrons. The Labute approximate surface area is 160 Å². The molecule has 24 heavy (non-hydrogen) atoms. The molecule has 0 atom stereocenters. The molecule has 0 aromatic heterocycles. The van der Waals surface area contributed by atoms with Gasteiger partial charge in [0.15, 0.2) is 0 Å². The van der Waals surface area contributed by atoms with E-state index in [4.69, 9.17) is 15.3 Å². The third-order valence-electron chi connectivity index (χ3n) is 3.58. The molecule has 1 N–H and O–H groups in total. The van der Waals surface area contributed by atoms with Crippen LogP contribution in [0.1, 0.15) is 45.0 Å². The molecule has 0 saturated carbocycles. The minimum absolute atomic E-state index is 0. The second-order valence-electron chi connectivity index (χ2n) is 5.30. The number of hydrogen-bond donors (Lipinski definition) is 1. The minimum atomic E-state index is -0.879. The van der Waals surface area contributed by atoms with E-state index in [1.165, 1.54) is 16.7 Å². The maximum Gasteiger partial charge on any atom is 3.00 e. The molecule has 0 unspecified atom stereocenters. The van der Waals surface area contributed by atoms with Crippen LogP contribution < -0.4 is 10.2 Å². The van der Waals surface area contributed by atoms with E-state index in [2.05, 4.69) is 40.7 Å². The maximum absolute atomic E-state index is 10.2. The first-order valence-electron chi connectivity index (χ1n) is 7.15. The van der Waals surface area contributed by atoms with Gasteiger partial charge in [0.2, 0.25) is 0 Å². The first kappa shape index (κ1) is 27.6. The summed E-state index contributed by atoms with van der Waals surface area (Å²) in [4.78, 5) is 10.2. The molecule has 1 aliphatic rings. The molecule has 0 amide bonds. The van der Waals surface area contributed by atoms with Crippen molar-refractivity contribution in [2.75, 3.05) is 14.2 Å². The first-order chi connectivity index (χ1) is 10.8. The van der Waals surface area contributed by atoms with Crippen LogP contribution in [-0.4, -0.2) is 25.3 Å². The Bertz CT molecular complexity index is 532. The molecule has 5 heteroatoms. The van der Waals surface area contributed by atoms with Gasteiger partial charge in [-0.1, -0.05) is 51.3 Å². The van der Waals surface area contributed by atoms with E-state index in [0.717, 1.165) is 14.2 Å². The van der Waals surface area contributed by atoms with E-state index in [1.807, 2.05) is 0 Å². The molecule has 1 radical (unpaired) electrons.